The fraction of sp³-hybridized carbons (Fsp3) is 0.0244. The van der Waals surface area contributed by atoms with Gasteiger partial charge in [0.15, 0.2) is 0 Å². The van der Waals surface area contributed by atoms with Gasteiger partial charge < -0.3 is 9.73 Å². The summed E-state index contributed by atoms with van der Waals surface area (Å²) in [5.41, 5.74) is 10.8. The molecular formula is C41H25N3OS. The second kappa shape index (κ2) is 10.6. The normalized spacial score (nSPS) is 14.2. The summed E-state index contributed by atoms with van der Waals surface area (Å²) in [6.45, 7) is 0. The van der Waals surface area contributed by atoms with Crippen LogP contribution in [0.3, 0.4) is 0 Å². The van der Waals surface area contributed by atoms with Crippen molar-refractivity contribution in [3.8, 4) is 28.3 Å². The van der Waals surface area contributed by atoms with Crippen LogP contribution in [-0.4, -0.2) is 5.71 Å². The van der Waals surface area contributed by atoms with Crippen LogP contribution in [0.15, 0.2) is 149 Å². The topological polar surface area (TPSA) is 61.3 Å². The van der Waals surface area contributed by atoms with E-state index in [0.29, 0.717) is 5.56 Å². The molecule has 1 unspecified atom stereocenters. The summed E-state index contributed by atoms with van der Waals surface area (Å²) in [4.78, 5) is 6.51. The van der Waals surface area contributed by atoms with Crippen LogP contribution in [0.25, 0.3) is 54.3 Å². The van der Waals surface area contributed by atoms with E-state index in [1.807, 2.05) is 36.4 Å². The van der Waals surface area contributed by atoms with E-state index in [1.165, 1.54) is 10.1 Å². The van der Waals surface area contributed by atoms with E-state index in [1.54, 1.807) is 11.3 Å². The number of nitriles is 1. The molecule has 0 amide bonds. The molecule has 5 heteroatoms. The van der Waals surface area contributed by atoms with Crippen molar-refractivity contribution in [2.75, 3.05) is 5.32 Å². The predicted octanol–water partition coefficient (Wildman–Crippen LogP) is 11.0. The van der Waals surface area contributed by atoms with Crippen molar-refractivity contribution in [2.24, 2.45) is 4.99 Å². The van der Waals surface area contributed by atoms with E-state index in [4.69, 9.17) is 9.41 Å². The number of fused-ring (bicyclic) bond motifs is 6. The van der Waals surface area contributed by atoms with Crippen LogP contribution in [-0.2, 0) is 0 Å². The van der Waals surface area contributed by atoms with E-state index in [9.17, 15) is 5.26 Å². The Balaban J connectivity index is 1.34. The lowest BCUT2D eigenvalue weighted by atomic mass is 9.93. The Bertz CT molecular complexity index is 2500. The molecule has 1 aliphatic heterocycles. The highest BCUT2D eigenvalue weighted by Gasteiger charge is 2.29. The minimum Gasteiger partial charge on any atom is -0.455 e. The first-order valence-corrected chi connectivity index (χ1v) is 16.0. The highest BCUT2D eigenvalue weighted by atomic mass is 32.1. The number of hydrogen-bond acceptors (Lipinski definition) is 5. The van der Waals surface area contributed by atoms with Gasteiger partial charge in [-0.15, -0.1) is 11.3 Å². The van der Waals surface area contributed by atoms with Gasteiger partial charge in [0.2, 0.25) is 0 Å². The van der Waals surface area contributed by atoms with E-state index < -0.39 is 0 Å². The SMILES string of the molecule is N#Cc1ccc(C2N=C(c3cccc4oc5c(-c6ccccc6)cc(-c6ccccc6)cc5c34)c3sc4ccccc4c3N2)cc1. The Hall–Kier alpha value is -5.96. The minimum atomic E-state index is -0.318. The lowest BCUT2D eigenvalue weighted by Gasteiger charge is -2.24. The van der Waals surface area contributed by atoms with Crippen molar-refractivity contribution in [3.05, 3.63) is 161 Å². The lowest BCUT2D eigenvalue weighted by molar-refractivity contribution is 0.670. The van der Waals surface area contributed by atoms with Crippen molar-refractivity contribution in [3.63, 3.8) is 0 Å². The summed E-state index contributed by atoms with van der Waals surface area (Å²) in [5.74, 6) is 0. The molecular weight excluding hydrogens is 583 g/mol. The van der Waals surface area contributed by atoms with Crippen molar-refractivity contribution in [2.45, 2.75) is 6.17 Å². The van der Waals surface area contributed by atoms with Gasteiger partial charge in [-0.1, -0.05) is 103 Å². The summed E-state index contributed by atoms with van der Waals surface area (Å²) in [5, 5.41) is 16.4. The predicted molar refractivity (Wildman–Crippen MR) is 190 cm³/mol. The summed E-state index contributed by atoms with van der Waals surface area (Å²) in [7, 11) is 0. The van der Waals surface area contributed by atoms with Crippen LogP contribution in [0.1, 0.15) is 27.7 Å². The van der Waals surface area contributed by atoms with Crippen LogP contribution in [0, 0.1) is 11.3 Å². The number of thiophene rings is 1. The van der Waals surface area contributed by atoms with Crippen LogP contribution in [0.2, 0.25) is 0 Å². The molecule has 1 aliphatic rings. The molecule has 0 radical (unpaired) electrons. The zero-order chi connectivity index (χ0) is 30.6. The minimum absolute atomic E-state index is 0.318. The number of benzene rings is 6. The molecule has 8 aromatic rings. The number of furan rings is 1. The highest BCUT2D eigenvalue weighted by molar-refractivity contribution is 7.22. The summed E-state index contributed by atoms with van der Waals surface area (Å²) < 4.78 is 7.95. The first-order chi connectivity index (χ1) is 22.7. The summed E-state index contributed by atoms with van der Waals surface area (Å²) >= 11 is 1.76. The van der Waals surface area contributed by atoms with Crippen LogP contribution in [0.4, 0.5) is 5.69 Å². The van der Waals surface area contributed by atoms with Gasteiger partial charge in [0.05, 0.1) is 27.9 Å². The maximum absolute atomic E-state index is 9.40. The molecule has 0 saturated carbocycles. The second-order valence-electron chi connectivity index (χ2n) is 11.5. The summed E-state index contributed by atoms with van der Waals surface area (Å²) in [6.07, 6.45) is -0.318. The zero-order valence-electron chi connectivity index (χ0n) is 24.6. The number of aliphatic imine (C=N–C) groups is 1. The fourth-order valence-electron chi connectivity index (χ4n) is 6.56. The van der Waals surface area contributed by atoms with Gasteiger partial charge in [0, 0.05) is 32.0 Å². The van der Waals surface area contributed by atoms with E-state index >= 15 is 0 Å². The number of anilines is 1. The first-order valence-electron chi connectivity index (χ1n) is 15.2. The molecule has 1 atom stereocenters. The van der Waals surface area contributed by atoms with Gasteiger partial charge in [0.1, 0.15) is 17.3 Å². The Morgan fingerprint density at radius 1 is 0.674 bits per heavy atom. The summed E-state index contributed by atoms with van der Waals surface area (Å²) in [6, 6.07) is 50.2. The van der Waals surface area contributed by atoms with Gasteiger partial charge >= 0.3 is 0 Å². The Morgan fingerprint density at radius 3 is 2.20 bits per heavy atom. The standard InChI is InChI=1S/C41H25N3OS/c42-24-25-18-20-28(21-19-25)41-43-37-30-14-7-8-17-35(30)46-40(37)38(44-41)31-15-9-16-34-36(31)33-23-29(26-10-3-1-4-11-26)22-32(39(33)45-34)27-12-5-2-6-13-27/h1-23,41,43H. The maximum Gasteiger partial charge on any atom is 0.145 e. The van der Waals surface area contributed by atoms with E-state index in [2.05, 4.69) is 115 Å². The largest absolute Gasteiger partial charge is 0.455 e. The molecule has 0 fully saturated rings. The van der Waals surface area contributed by atoms with Crippen molar-refractivity contribution in [1.29, 1.82) is 5.26 Å². The fourth-order valence-corrected chi connectivity index (χ4v) is 7.73. The molecule has 46 heavy (non-hydrogen) atoms. The number of nitrogens with zero attached hydrogens (tertiary/aromatic N) is 2. The molecule has 0 spiro atoms. The Labute approximate surface area is 269 Å². The van der Waals surface area contributed by atoms with Crippen LogP contribution >= 0.6 is 11.3 Å². The quantitative estimate of drug-likeness (QED) is 0.216. The van der Waals surface area contributed by atoms with Crippen molar-refractivity contribution < 1.29 is 4.42 Å². The average molecular weight is 608 g/mol. The molecule has 0 bridgehead atoms. The second-order valence-corrected chi connectivity index (χ2v) is 12.5. The molecule has 2 aromatic heterocycles. The highest BCUT2D eigenvalue weighted by Crippen LogP contribution is 2.46. The van der Waals surface area contributed by atoms with E-state index in [0.717, 1.165) is 71.6 Å². The van der Waals surface area contributed by atoms with Gasteiger partial charge in [-0.2, -0.15) is 5.26 Å². The Morgan fingerprint density at radius 2 is 1.41 bits per heavy atom. The average Bonchev–Trinajstić information content (AvgIpc) is 3.70. The van der Waals surface area contributed by atoms with Gasteiger partial charge in [-0.25, -0.2) is 0 Å². The van der Waals surface area contributed by atoms with Gasteiger partial charge in [0.25, 0.3) is 0 Å². The van der Waals surface area contributed by atoms with Crippen LogP contribution < -0.4 is 5.32 Å². The third-order valence-electron chi connectivity index (χ3n) is 8.75. The Kier molecular flexibility index (Phi) is 6.09. The first kappa shape index (κ1) is 26.4. The zero-order valence-corrected chi connectivity index (χ0v) is 25.4. The monoisotopic (exact) mass is 607 g/mol. The molecule has 216 valence electrons. The third kappa shape index (κ3) is 4.23. The lowest BCUT2D eigenvalue weighted by Crippen LogP contribution is -2.19. The molecule has 3 heterocycles. The van der Waals surface area contributed by atoms with Crippen LogP contribution in [0.5, 0.6) is 0 Å². The number of rotatable bonds is 4. The molecule has 9 rings (SSSR count). The molecule has 1 N–H and O–H groups in total. The maximum atomic E-state index is 9.40. The van der Waals surface area contributed by atoms with Crippen molar-refractivity contribution >= 4 is 54.8 Å². The molecule has 0 aliphatic carbocycles. The number of hydrogen-bond donors (Lipinski definition) is 1. The van der Waals surface area contributed by atoms with E-state index in [-0.39, 0.29) is 6.17 Å². The molecule has 0 saturated heterocycles. The van der Waals surface area contributed by atoms with Gasteiger partial charge in [-0.05, 0) is 58.7 Å². The van der Waals surface area contributed by atoms with Gasteiger partial charge in [-0.3, -0.25) is 4.99 Å². The molecule has 6 aromatic carbocycles. The third-order valence-corrected chi connectivity index (χ3v) is 9.93. The smallest absolute Gasteiger partial charge is 0.145 e. The molecule has 4 nitrogen and oxygen atoms in total. The number of nitrogens with one attached hydrogen (secondary N) is 1. The van der Waals surface area contributed by atoms with Crippen molar-refractivity contribution in [1.82, 2.24) is 0 Å².